The van der Waals surface area contributed by atoms with Gasteiger partial charge in [-0.05, 0) is 24.0 Å². The summed E-state index contributed by atoms with van der Waals surface area (Å²) in [5.74, 6) is -1.90. The Kier molecular flexibility index (Phi) is 3.80. The molecule has 1 N–H and O–H groups in total. The Morgan fingerprint density at radius 3 is 2.35 bits per heavy atom. The van der Waals surface area contributed by atoms with Gasteiger partial charge in [-0.2, -0.15) is 13.2 Å². The second kappa shape index (κ2) is 4.77. The predicted molar refractivity (Wildman–Crippen MR) is 60.0 cm³/mol. The van der Waals surface area contributed by atoms with E-state index in [0.29, 0.717) is 11.1 Å². The second-order valence-electron chi connectivity index (χ2n) is 4.15. The van der Waals surface area contributed by atoms with Crippen molar-refractivity contribution in [3.63, 3.8) is 0 Å². The van der Waals surface area contributed by atoms with Crippen LogP contribution in [-0.4, -0.2) is 12.1 Å². The molecule has 1 rings (SSSR count). The minimum absolute atomic E-state index is 0.0402. The summed E-state index contributed by atoms with van der Waals surface area (Å²) in [5.41, 5.74) is 1.57. The highest BCUT2D eigenvalue weighted by Crippen LogP contribution is 2.29. The van der Waals surface area contributed by atoms with E-state index in [0.717, 1.165) is 0 Å². The molecule has 0 unspecified atom stereocenters. The largest absolute Gasteiger partial charge is 0.471 e. The van der Waals surface area contributed by atoms with Crippen LogP contribution in [0, 0.1) is 6.92 Å². The highest BCUT2D eigenvalue weighted by atomic mass is 19.4. The highest BCUT2D eigenvalue weighted by Gasteiger charge is 2.39. The van der Waals surface area contributed by atoms with Crippen LogP contribution in [0.3, 0.4) is 0 Å². The van der Waals surface area contributed by atoms with Crippen LogP contribution in [0.2, 0.25) is 0 Å². The maximum Gasteiger partial charge on any atom is 0.471 e. The SMILES string of the molecule is Cc1cccc(C(C)C)c1NC(=O)C(F)(F)F. The molecule has 2 nitrogen and oxygen atoms in total. The lowest BCUT2D eigenvalue weighted by molar-refractivity contribution is -0.167. The molecule has 1 aromatic carbocycles. The molecular weight excluding hydrogens is 231 g/mol. The highest BCUT2D eigenvalue weighted by molar-refractivity contribution is 5.96. The maximum atomic E-state index is 12.2. The average molecular weight is 245 g/mol. The number of benzene rings is 1. The summed E-state index contributed by atoms with van der Waals surface area (Å²) in [5, 5.41) is 1.94. The number of amides is 1. The Hall–Kier alpha value is -1.52. The first-order chi connectivity index (χ1) is 7.73. The number of alkyl halides is 3. The van der Waals surface area contributed by atoms with Gasteiger partial charge < -0.3 is 5.32 Å². The summed E-state index contributed by atoms with van der Waals surface area (Å²) in [6, 6.07) is 5.13. The van der Waals surface area contributed by atoms with Crippen LogP contribution in [0.4, 0.5) is 18.9 Å². The number of para-hydroxylation sites is 1. The molecule has 17 heavy (non-hydrogen) atoms. The van der Waals surface area contributed by atoms with Gasteiger partial charge in [0.2, 0.25) is 0 Å². The first-order valence-electron chi connectivity index (χ1n) is 5.21. The van der Waals surface area contributed by atoms with Gasteiger partial charge in [0, 0.05) is 5.69 Å². The Labute approximate surface area is 97.8 Å². The third-order valence-corrected chi connectivity index (χ3v) is 2.42. The van der Waals surface area contributed by atoms with Crippen LogP contribution in [-0.2, 0) is 4.79 Å². The minimum atomic E-state index is -4.86. The average Bonchev–Trinajstić information content (AvgIpc) is 2.18. The van der Waals surface area contributed by atoms with Gasteiger partial charge in [0.1, 0.15) is 0 Å². The van der Waals surface area contributed by atoms with E-state index in [1.54, 1.807) is 25.1 Å². The monoisotopic (exact) mass is 245 g/mol. The number of hydrogen-bond donors (Lipinski definition) is 1. The minimum Gasteiger partial charge on any atom is -0.318 e. The molecule has 0 radical (unpaired) electrons. The fourth-order valence-electron chi connectivity index (χ4n) is 1.53. The van der Waals surface area contributed by atoms with Crippen molar-refractivity contribution >= 4 is 11.6 Å². The van der Waals surface area contributed by atoms with E-state index in [4.69, 9.17) is 0 Å². The van der Waals surface area contributed by atoms with Gasteiger partial charge in [0.05, 0.1) is 0 Å². The zero-order valence-corrected chi connectivity index (χ0v) is 9.85. The molecule has 0 fully saturated rings. The number of aryl methyl sites for hydroxylation is 1. The molecule has 0 heterocycles. The van der Waals surface area contributed by atoms with Crippen LogP contribution in [0.5, 0.6) is 0 Å². The van der Waals surface area contributed by atoms with Crippen molar-refractivity contribution in [2.24, 2.45) is 0 Å². The Bertz CT molecular complexity index is 424. The molecule has 0 aliphatic rings. The number of anilines is 1. The molecule has 94 valence electrons. The number of carbonyl (C=O) groups is 1. The van der Waals surface area contributed by atoms with E-state index in [9.17, 15) is 18.0 Å². The third-order valence-electron chi connectivity index (χ3n) is 2.42. The number of rotatable bonds is 2. The molecular formula is C12H14F3NO. The maximum absolute atomic E-state index is 12.2. The molecule has 5 heteroatoms. The molecule has 0 spiro atoms. The van der Waals surface area contributed by atoms with Crippen molar-refractivity contribution in [1.82, 2.24) is 0 Å². The van der Waals surface area contributed by atoms with E-state index >= 15 is 0 Å². The fraction of sp³-hybridized carbons (Fsp3) is 0.417. The Morgan fingerprint density at radius 2 is 1.88 bits per heavy atom. The van der Waals surface area contributed by atoms with Gasteiger partial charge >= 0.3 is 12.1 Å². The Morgan fingerprint density at radius 1 is 1.29 bits per heavy atom. The topological polar surface area (TPSA) is 29.1 Å². The van der Waals surface area contributed by atoms with Gasteiger partial charge in [-0.1, -0.05) is 32.0 Å². The van der Waals surface area contributed by atoms with Crippen LogP contribution >= 0.6 is 0 Å². The number of nitrogens with one attached hydrogen (secondary N) is 1. The molecule has 0 atom stereocenters. The lowest BCUT2D eigenvalue weighted by Crippen LogP contribution is -2.30. The summed E-state index contributed by atoms with van der Waals surface area (Å²) in [6.45, 7) is 5.38. The molecule has 1 aromatic rings. The molecule has 0 saturated heterocycles. The number of carbonyl (C=O) groups excluding carboxylic acids is 1. The summed E-state index contributed by atoms with van der Waals surface area (Å²) < 4.78 is 36.6. The van der Waals surface area contributed by atoms with E-state index in [2.05, 4.69) is 0 Å². The molecule has 0 aromatic heterocycles. The molecule has 1 amide bonds. The van der Waals surface area contributed by atoms with Gasteiger partial charge in [-0.25, -0.2) is 0 Å². The van der Waals surface area contributed by atoms with E-state index < -0.39 is 12.1 Å². The van der Waals surface area contributed by atoms with E-state index in [1.807, 2.05) is 19.2 Å². The van der Waals surface area contributed by atoms with E-state index in [1.165, 1.54) is 0 Å². The smallest absolute Gasteiger partial charge is 0.318 e. The normalized spacial score (nSPS) is 11.7. The molecule has 0 saturated carbocycles. The standard InChI is InChI=1S/C12H14F3NO/c1-7(2)9-6-4-5-8(3)10(9)16-11(17)12(13,14)15/h4-7H,1-3H3,(H,16,17). The Balaban J connectivity index is 3.10. The third kappa shape index (κ3) is 3.22. The van der Waals surface area contributed by atoms with Crippen LogP contribution < -0.4 is 5.32 Å². The quantitative estimate of drug-likeness (QED) is 0.847. The lowest BCUT2D eigenvalue weighted by Gasteiger charge is -2.17. The zero-order valence-electron chi connectivity index (χ0n) is 9.85. The molecule has 0 aliphatic carbocycles. The van der Waals surface area contributed by atoms with Gasteiger partial charge in [-0.3, -0.25) is 4.79 Å². The van der Waals surface area contributed by atoms with Crippen molar-refractivity contribution in [3.05, 3.63) is 29.3 Å². The van der Waals surface area contributed by atoms with E-state index in [-0.39, 0.29) is 11.6 Å². The van der Waals surface area contributed by atoms with Crippen LogP contribution in [0.15, 0.2) is 18.2 Å². The van der Waals surface area contributed by atoms with Crippen molar-refractivity contribution < 1.29 is 18.0 Å². The van der Waals surface area contributed by atoms with Crippen LogP contribution in [0.25, 0.3) is 0 Å². The first kappa shape index (κ1) is 13.5. The van der Waals surface area contributed by atoms with Crippen molar-refractivity contribution in [2.75, 3.05) is 5.32 Å². The van der Waals surface area contributed by atoms with Crippen molar-refractivity contribution in [1.29, 1.82) is 0 Å². The summed E-state index contributed by atoms with van der Waals surface area (Å²) in [4.78, 5) is 10.9. The predicted octanol–water partition coefficient (Wildman–Crippen LogP) is 3.62. The molecule has 0 aliphatic heterocycles. The lowest BCUT2D eigenvalue weighted by atomic mass is 9.98. The van der Waals surface area contributed by atoms with Gasteiger partial charge in [-0.15, -0.1) is 0 Å². The number of halogens is 3. The van der Waals surface area contributed by atoms with Gasteiger partial charge in [0.15, 0.2) is 0 Å². The zero-order chi connectivity index (χ0) is 13.2. The summed E-state index contributed by atoms with van der Waals surface area (Å²) >= 11 is 0. The summed E-state index contributed by atoms with van der Waals surface area (Å²) in [7, 11) is 0. The van der Waals surface area contributed by atoms with Crippen LogP contribution in [0.1, 0.15) is 30.9 Å². The van der Waals surface area contributed by atoms with Gasteiger partial charge in [0.25, 0.3) is 0 Å². The second-order valence-corrected chi connectivity index (χ2v) is 4.15. The fourth-order valence-corrected chi connectivity index (χ4v) is 1.53. The summed E-state index contributed by atoms with van der Waals surface area (Å²) in [6.07, 6.45) is -4.86. The number of hydrogen-bond acceptors (Lipinski definition) is 1. The molecule has 0 bridgehead atoms. The first-order valence-corrected chi connectivity index (χ1v) is 5.21. The van der Waals surface area contributed by atoms with Crippen molar-refractivity contribution in [2.45, 2.75) is 32.9 Å². The van der Waals surface area contributed by atoms with Crippen molar-refractivity contribution in [3.8, 4) is 0 Å².